The number of carbonyl (C=O) groups is 1. The van der Waals surface area contributed by atoms with E-state index < -0.39 is 0 Å². The number of pyridine rings is 2. The van der Waals surface area contributed by atoms with Crippen molar-refractivity contribution in [1.29, 1.82) is 0 Å². The third kappa shape index (κ3) is 3.04. The van der Waals surface area contributed by atoms with Gasteiger partial charge in [-0.1, -0.05) is 23.7 Å². The maximum atomic E-state index is 13.3. The summed E-state index contributed by atoms with van der Waals surface area (Å²) in [6, 6.07) is 14.9. The van der Waals surface area contributed by atoms with Crippen LogP contribution in [-0.2, 0) is 13.5 Å². The molecule has 6 nitrogen and oxygen atoms in total. The lowest BCUT2D eigenvalue weighted by Crippen LogP contribution is -2.39. The number of aromatic nitrogens is 4. The van der Waals surface area contributed by atoms with Crippen LogP contribution in [0.25, 0.3) is 22.3 Å². The average molecular weight is 418 g/mol. The number of benzene rings is 1. The van der Waals surface area contributed by atoms with Crippen molar-refractivity contribution in [2.45, 2.75) is 19.4 Å². The maximum Gasteiger partial charge on any atom is 0.273 e. The Hall–Kier alpha value is -3.25. The third-order valence-corrected chi connectivity index (χ3v) is 5.91. The van der Waals surface area contributed by atoms with Crippen LogP contribution in [0.2, 0.25) is 5.02 Å². The van der Waals surface area contributed by atoms with Crippen LogP contribution >= 0.6 is 11.6 Å². The minimum atomic E-state index is -0.147. The molecule has 0 saturated carbocycles. The lowest BCUT2D eigenvalue weighted by molar-refractivity contribution is 0.0668. The van der Waals surface area contributed by atoms with E-state index in [1.807, 2.05) is 66.0 Å². The Labute approximate surface area is 179 Å². The molecule has 0 bridgehead atoms. The molecule has 1 aromatic carbocycles. The monoisotopic (exact) mass is 417 g/mol. The van der Waals surface area contributed by atoms with Crippen LogP contribution in [0, 0.1) is 0 Å². The van der Waals surface area contributed by atoms with Crippen molar-refractivity contribution < 1.29 is 4.79 Å². The molecule has 0 saturated heterocycles. The van der Waals surface area contributed by atoms with Gasteiger partial charge in [-0.05, 0) is 49.7 Å². The molecule has 1 unspecified atom stereocenters. The molecule has 0 aliphatic carbocycles. The predicted molar refractivity (Wildman–Crippen MR) is 116 cm³/mol. The van der Waals surface area contributed by atoms with Crippen LogP contribution in [-0.4, -0.2) is 37.1 Å². The number of rotatable bonds is 2. The molecule has 1 amide bonds. The van der Waals surface area contributed by atoms with Crippen LogP contribution in [0.5, 0.6) is 0 Å². The highest BCUT2D eigenvalue weighted by atomic mass is 35.5. The van der Waals surface area contributed by atoms with Gasteiger partial charge in [0.1, 0.15) is 5.69 Å². The van der Waals surface area contributed by atoms with Gasteiger partial charge in [0.2, 0.25) is 0 Å². The summed E-state index contributed by atoms with van der Waals surface area (Å²) in [7, 11) is 1.94. The largest absolute Gasteiger partial charge is 0.329 e. The van der Waals surface area contributed by atoms with Crippen LogP contribution in [0.3, 0.4) is 0 Å². The fourth-order valence-electron chi connectivity index (χ4n) is 4.24. The lowest BCUT2D eigenvalue weighted by Gasteiger charge is -2.32. The van der Waals surface area contributed by atoms with E-state index in [0.717, 1.165) is 34.4 Å². The number of nitrogens with zero attached hydrogens (tertiary/aromatic N) is 5. The topological polar surface area (TPSA) is 63.9 Å². The first-order valence-corrected chi connectivity index (χ1v) is 10.2. The first-order valence-electron chi connectivity index (χ1n) is 9.87. The molecular formula is C23H20ClN5O. The highest BCUT2D eigenvalue weighted by Gasteiger charge is 2.33. The summed E-state index contributed by atoms with van der Waals surface area (Å²) in [6.07, 6.45) is 2.45. The van der Waals surface area contributed by atoms with Gasteiger partial charge in [-0.15, -0.1) is 0 Å². The second-order valence-corrected chi connectivity index (χ2v) is 7.95. The van der Waals surface area contributed by atoms with Gasteiger partial charge in [0.15, 0.2) is 0 Å². The molecule has 150 valence electrons. The van der Waals surface area contributed by atoms with E-state index >= 15 is 0 Å². The van der Waals surface area contributed by atoms with Crippen LogP contribution in [0.15, 0.2) is 54.7 Å². The molecule has 0 fully saturated rings. The van der Waals surface area contributed by atoms with Crippen molar-refractivity contribution in [2.75, 3.05) is 6.54 Å². The molecule has 0 spiro atoms. The fraction of sp³-hybridized carbons (Fsp3) is 0.217. The molecule has 1 aliphatic heterocycles. The molecule has 7 heteroatoms. The van der Waals surface area contributed by atoms with Gasteiger partial charge in [0.05, 0.1) is 28.5 Å². The first kappa shape index (κ1) is 18.8. The van der Waals surface area contributed by atoms with Gasteiger partial charge in [-0.2, -0.15) is 5.10 Å². The van der Waals surface area contributed by atoms with E-state index in [1.165, 1.54) is 5.56 Å². The molecule has 0 radical (unpaired) electrons. The molecule has 30 heavy (non-hydrogen) atoms. The van der Waals surface area contributed by atoms with E-state index in [4.69, 9.17) is 16.7 Å². The number of carbonyl (C=O) groups excluding carboxylic acids is 1. The molecule has 4 heterocycles. The fourth-order valence-corrected chi connectivity index (χ4v) is 4.43. The number of halogens is 1. The van der Waals surface area contributed by atoms with Gasteiger partial charge < -0.3 is 4.90 Å². The molecule has 3 aromatic heterocycles. The van der Waals surface area contributed by atoms with Gasteiger partial charge in [0.25, 0.3) is 5.91 Å². The summed E-state index contributed by atoms with van der Waals surface area (Å²) in [5, 5.41) is 5.46. The molecule has 0 N–H and O–H groups in total. The normalized spacial score (nSPS) is 16.0. The van der Waals surface area contributed by atoms with Crippen molar-refractivity contribution in [3.05, 3.63) is 76.7 Å². The standard InChI is InChI=1S/C23H20ClN5O/c1-14-21-17(22(28(2)27-21)15-5-3-6-16(24)13-15)10-12-29(14)23(30)20-9-8-18-19(26-20)7-4-11-25-18/h3-9,11,13-14H,10,12H2,1-2H3. The zero-order chi connectivity index (χ0) is 20.8. The Bertz CT molecular complexity index is 1280. The van der Waals surface area contributed by atoms with Crippen LogP contribution in [0.1, 0.15) is 34.7 Å². The molecule has 4 aromatic rings. The number of aryl methyl sites for hydroxylation is 1. The third-order valence-electron chi connectivity index (χ3n) is 5.68. The summed E-state index contributed by atoms with van der Waals surface area (Å²) in [5.74, 6) is -0.0890. The number of hydrogen-bond donors (Lipinski definition) is 0. The molecule has 1 atom stereocenters. The van der Waals surface area contributed by atoms with Gasteiger partial charge in [-0.3, -0.25) is 14.5 Å². The summed E-state index contributed by atoms with van der Waals surface area (Å²) in [4.78, 5) is 23.9. The molecular weight excluding hydrogens is 398 g/mol. The van der Waals surface area contributed by atoms with Crippen molar-refractivity contribution in [3.8, 4) is 11.3 Å². The van der Waals surface area contributed by atoms with E-state index in [9.17, 15) is 4.79 Å². The molecule has 5 rings (SSSR count). The Balaban J connectivity index is 1.50. The Morgan fingerprint density at radius 1 is 1.13 bits per heavy atom. The second-order valence-electron chi connectivity index (χ2n) is 7.51. The minimum absolute atomic E-state index is 0.0890. The number of amides is 1. The maximum absolute atomic E-state index is 13.3. The first-order chi connectivity index (χ1) is 14.5. The van der Waals surface area contributed by atoms with E-state index in [0.29, 0.717) is 17.3 Å². The summed E-state index contributed by atoms with van der Waals surface area (Å²) < 4.78 is 1.89. The SMILES string of the molecule is CC1c2nn(C)c(-c3cccc(Cl)c3)c2CCN1C(=O)c1ccc2ncccc2n1. The Morgan fingerprint density at radius 2 is 2.00 bits per heavy atom. The van der Waals surface area contributed by atoms with Crippen molar-refractivity contribution in [3.63, 3.8) is 0 Å². The summed E-state index contributed by atoms with van der Waals surface area (Å²) in [5.41, 5.74) is 6.11. The van der Waals surface area contributed by atoms with E-state index in [2.05, 4.69) is 9.97 Å². The highest BCUT2D eigenvalue weighted by molar-refractivity contribution is 6.30. The van der Waals surface area contributed by atoms with Crippen molar-refractivity contribution in [1.82, 2.24) is 24.6 Å². The second kappa shape index (κ2) is 7.22. The van der Waals surface area contributed by atoms with E-state index in [-0.39, 0.29) is 11.9 Å². The average Bonchev–Trinajstić information content (AvgIpc) is 3.10. The van der Waals surface area contributed by atoms with Crippen molar-refractivity contribution in [2.24, 2.45) is 7.05 Å². The summed E-state index contributed by atoms with van der Waals surface area (Å²) >= 11 is 6.21. The zero-order valence-corrected chi connectivity index (χ0v) is 17.5. The van der Waals surface area contributed by atoms with Gasteiger partial charge >= 0.3 is 0 Å². The summed E-state index contributed by atoms with van der Waals surface area (Å²) in [6.45, 7) is 2.63. The smallest absolute Gasteiger partial charge is 0.273 e. The highest BCUT2D eigenvalue weighted by Crippen LogP contribution is 2.36. The van der Waals surface area contributed by atoms with E-state index in [1.54, 1.807) is 12.3 Å². The Morgan fingerprint density at radius 3 is 2.83 bits per heavy atom. The Kier molecular flexibility index (Phi) is 4.51. The minimum Gasteiger partial charge on any atom is -0.329 e. The quantitative estimate of drug-likeness (QED) is 0.483. The van der Waals surface area contributed by atoms with Crippen LogP contribution < -0.4 is 0 Å². The lowest BCUT2D eigenvalue weighted by atomic mass is 9.95. The number of fused-ring (bicyclic) bond motifs is 2. The number of hydrogen-bond acceptors (Lipinski definition) is 4. The van der Waals surface area contributed by atoms with Gasteiger partial charge in [-0.25, -0.2) is 4.98 Å². The zero-order valence-electron chi connectivity index (χ0n) is 16.7. The molecule has 1 aliphatic rings. The van der Waals surface area contributed by atoms with Gasteiger partial charge in [0, 0.05) is 35.9 Å². The predicted octanol–water partition coefficient (Wildman–Crippen LogP) is 4.44. The van der Waals surface area contributed by atoms with Crippen LogP contribution in [0.4, 0.5) is 0 Å². The van der Waals surface area contributed by atoms with Crippen molar-refractivity contribution >= 4 is 28.5 Å².